The molecule has 38 heavy (non-hydrogen) atoms. The first kappa shape index (κ1) is 27.2. The maximum absolute atomic E-state index is 13.9. The maximum atomic E-state index is 13.9. The largest absolute Gasteiger partial charge is 0.497 e. The van der Waals surface area contributed by atoms with Crippen molar-refractivity contribution in [1.29, 1.82) is 0 Å². The standard InChI is InChI=1S/C25H27BrFN7O4/c1-25(2,3)38-24(36)33(17-6-16(13-35)9-29-10-17)11-14-5-15(8-18(7-14)37-4)12-34-21-19(30-22(34)26)20(28)31-23(27)32-21/h5-10,35H,11-13H2,1-4H3,(H2,28,31,32). The first-order valence-corrected chi connectivity index (χ1v) is 12.3. The van der Waals surface area contributed by atoms with Gasteiger partial charge in [0, 0.05) is 6.20 Å². The number of aliphatic hydroxyl groups excluding tert-OH is 1. The Balaban J connectivity index is 1.73. The fourth-order valence-corrected chi connectivity index (χ4v) is 4.26. The number of carbonyl (C=O) groups is 1. The van der Waals surface area contributed by atoms with Crippen LogP contribution in [0.1, 0.15) is 37.5 Å². The van der Waals surface area contributed by atoms with Crippen LogP contribution in [0.5, 0.6) is 5.75 Å². The number of methoxy groups -OCH3 is 1. The van der Waals surface area contributed by atoms with Crippen molar-refractivity contribution in [3.63, 3.8) is 0 Å². The first-order chi connectivity index (χ1) is 18.0. The van der Waals surface area contributed by atoms with E-state index in [-0.39, 0.29) is 36.7 Å². The lowest BCUT2D eigenvalue weighted by Crippen LogP contribution is -2.36. The van der Waals surface area contributed by atoms with Crippen LogP contribution in [-0.2, 0) is 24.4 Å². The summed E-state index contributed by atoms with van der Waals surface area (Å²) in [6.45, 7) is 5.47. The van der Waals surface area contributed by atoms with E-state index in [0.717, 1.165) is 11.1 Å². The van der Waals surface area contributed by atoms with Crippen LogP contribution in [0, 0.1) is 6.08 Å². The summed E-state index contributed by atoms with van der Waals surface area (Å²) in [7, 11) is 1.54. The number of aromatic nitrogens is 5. The van der Waals surface area contributed by atoms with Crippen molar-refractivity contribution in [2.75, 3.05) is 17.7 Å². The molecule has 4 rings (SSSR count). The molecule has 0 bridgehead atoms. The molecule has 1 aromatic carbocycles. The quantitative estimate of drug-likeness (QED) is 0.240. The fraction of sp³-hybridized carbons (Fsp3) is 0.320. The molecule has 3 N–H and O–H groups in total. The lowest BCUT2D eigenvalue weighted by atomic mass is 10.1. The second-order valence-electron chi connectivity index (χ2n) is 9.48. The van der Waals surface area contributed by atoms with Crippen LogP contribution >= 0.6 is 15.9 Å². The summed E-state index contributed by atoms with van der Waals surface area (Å²) in [4.78, 5) is 30.5. The third-order valence-corrected chi connectivity index (χ3v) is 5.98. The Morgan fingerprint density at radius 1 is 1.13 bits per heavy atom. The Hall–Kier alpha value is -3.84. The third-order valence-electron chi connectivity index (χ3n) is 5.38. The van der Waals surface area contributed by atoms with E-state index < -0.39 is 17.8 Å². The number of carbonyl (C=O) groups excluding carboxylic acids is 1. The van der Waals surface area contributed by atoms with Gasteiger partial charge in [-0.2, -0.15) is 14.4 Å². The average molecular weight is 588 g/mol. The van der Waals surface area contributed by atoms with Crippen molar-refractivity contribution in [2.24, 2.45) is 0 Å². The number of ether oxygens (including phenoxy) is 2. The van der Waals surface area contributed by atoms with Crippen molar-refractivity contribution in [3.05, 3.63) is 64.2 Å². The number of nitrogen functional groups attached to an aromatic ring is 1. The number of nitrogens with zero attached hydrogens (tertiary/aromatic N) is 6. The first-order valence-electron chi connectivity index (χ1n) is 11.5. The summed E-state index contributed by atoms with van der Waals surface area (Å²) in [6, 6.07) is 7.16. The molecule has 3 heterocycles. The molecule has 0 unspecified atom stereocenters. The SMILES string of the molecule is COc1cc(CN(C(=O)OC(C)(C)C)c2cncc(CO)c2)cc(Cn2c(Br)nc3c(N)nc(F)nc32)c1. The molecule has 1 amide bonds. The van der Waals surface area contributed by atoms with Gasteiger partial charge in [-0.3, -0.25) is 14.5 Å². The van der Waals surface area contributed by atoms with E-state index in [1.807, 2.05) is 12.1 Å². The van der Waals surface area contributed by atoms with Crippen LogP contribution in [-0.4, -0.2) is 48.4 Å². The number of nitrogens with two attached hydrogens (primary N) is 1. The van der Waals surface area contributed by atoms with Gasteiger partial charge in [-0.25, -0.2) is 9.78 Å². The van der Waals surface area contributed by atoms with Crippen molar-refractivity contribution < 1.29 is 23.8 Å². The highest BCUT2D eigenvalue weighted by Gasteiger charge is 2.25. The van der Waals surface area contributed by atoms with Crippen LogP contribution < -0.4 is 15.4 Å². The fourth-order valence-electron chi connectivity index (χ4n) is 3.79. The van der Waals surface area contributed by atoms with E-state index in [0.29, 0.717) is 21.7 Å². The second-order valence-corrected chi connectivity index (χ2v) is 10.2. The molecule has 0 spiro atoms. The van der Waals surface area contributed by atoms with Gasteiger partial charge in [0.2, 0.25) is 0 Å². The number of aliphatic hydroxyl groups is 1. The summed E-state index contributed by atoms with van der Waals surface area (Å²) in [5.41, 5.74) is 8.10. The third kappa shape index (κ3) is 6.17. The van der Waals surface area contributed by atoms with E-state index in [2.05, 4.69) is 35.9 Å². The molecule has 0 aliphatic heterocycles. The molecule has 0 atom stereocenters. The van der Waals surface area contributed by atoms with Crippen LogP contribution in [0.25, 0.3) is 11.2 Å². The zero-order valence-corrected chi connectivity index (χ0v) is 22.9. The van der Waals surface area contributed by atoms with Crippen LogP contribution in [0.2, 0.25) is 0 Å². The van der Waals surface area contributed by atoms with Crippen molar-refractivity contribution in [1.82, 2.24) is 24.5 Å². The molecular weight excluding hydrogens is 561 g/mol. The lowest BCUT2D eigenvalue weighted by Gasteiger charge is -2.28. The molecule has 0 fully saturated rings. The van der Waals surface area contributed by atoms with Crippen molar-refractivity contribution >= 4 is 44.7 Å². The van der Waals surface area contributed by atoms with Gasteiger partial charge in [0.05, 0.1) is 38.7 Å². The number of halogens is 2. The number of benzene rings is 1. The number of pyridine rings is 1. The van der Waals surface area contributed by atoms with Crippen LogP contribution in [0.3, 0.4) is 0 Å². The van der Waals surface area contributed by atoms with Gasteiger partial charge in [-0.05, 0) is 71.6 Å². The number of hydrogen-bond donors (Lipinski definition) is 2. The Labute approximate surface area is 226 Å². The Kier molecular flexibility index (Phi) is 7.78. The van der Waals surface area contributed by atoms with Gasteiger partial charge in [-0.15, -0.1) is 0 Å². The van der Waals surface area contributed by atoms with E-state index >= 15 is 0 Å². The molecule has 0 aliphatic rings. The Bertz CT molecular complexity index is 1490. The monoisotopic (exact) mass is 587 g/mol. The van der Waals surface area contributed by atoms with Gasteiger partial charge in [0.1, 0.15) is 11.4 Å². The Morgan fingerprint density at radius 2 is 1.87 bits per heavy atom. The van der Waals surface area contributed by atoms with Crippen molar-refractivity contribution in [2.45, 2.75) is 46.1 Å². The van der Waals surface area contributed by atoms with Crippen LogP contribution in [0.15, 0.2) is 41.4 Å². The zero-order valence-electron chi connectivity index (χ0n) is 21.3. The highest BCUT2D eigenvalue weighted by Crippen LogP contribution is 2.27. The molecular formula is C25H27BrFN7O4. The van der Waals surface area contributed by atoms with E-state index in [1.165, 1.54) is 24.4 Å². The topological polar surface area (TPSA) is 142 Å². The maximum Gasteiger partial charge on any atom is 0.415 e. The predicted molar refractivity (Wildman–Crippen MR) is 142 cm³/mol. The molecule has 3 aromatic heterocycles. The average Bonchev–Trinajstić information content (AvgIpc) is 3.16. The van der Waals surface area contributed by atoms with Gasteiger partial charge < -0.3 is 20.3 Å². The Morgan fingerprint density at radius 3 is 2.55 bits per heavy atom. The summed E-state index contributed by atoms with van der Waals surface area (Å²) in [5.74, 6) is 0.481. The van der Waals surface area contributed by atoms with Crippen molar-refractivity contribution in [3.8, 4) is 5.75 Å². The molecule has 0 saturated carbocycles. The molecule has 11 nitrogen and oxygen atoms in total. The highest BCUT2D eigenvalue weighted by molar-refractivity contribution is 9.10. The predicted octanol–water partition coefficient (Wildman–Crippen LogP) is 4.20. The number of hydrogen-bond acceptors (Lipinski definition) is 9. The molecule has 0 radical (unpaired) electrons. The number of imidazole rings is 1. The normalized spacial score (nSPS) is 11.6. The molecule has 13 heteroatoms. The number of anilines is 2. The summed E-state index contributed by atoms with van der Waals surface area (Å²) in [6.07, 6.45) is 1.51. The summed E-state index contributed by atoms with van der Waals surface area (Å²) >= 11 is 3.39. The van der Waals surface area contributed by atoms with E-state index in [1.54, 1.807) is 37.5 Å². The number of rotatable bonds is 7. The lowest BCUT2D eigenvalue weighted by molar-refractivity contribution is 0.0577. The molecule has 200 valence electrons. The second kappa shape index (κ2) is 10.9. The minimum absolute atomic E-state index is 0.0648. The smallest absolute Gasteiger partial charge is 0.415 e. The summed E-state index contributed by atoms with van der Waals surface area (Å²) < 4.78 is 27.1. The van der Waals surface area contributed by atoms with Crippen LogP contribution in [0.4, 0.5) is 20.7 Å². The number of fused-ring (bicyclic) bond motifs is 1. The molecule has 0 aliphatic carbocycles. The summed E-state index contributed by atoms with van der Waals surface area (Å²) in [5, 5.41) is 9.57. The van der Waals surface area contributed by atoms with Gasteiger partial charge in [0.15, 0.2) is 21.7 Å². The van der Waals surface area contributed by atoms with Gasteiger partial charge >= 0.3 is 12.2 Å². The minimum atomic E-state index is -0.957. The van der Waals surface area contributed by atoms with E-state index in [4.69, 9.17) is 15.2 Å². The molecule has 0 saturated heterocycles. The number of amides is 1. The highest BCUT2D eigenvalue weighted by atomic mass is 79.9. The van der Waals surface area contributed by atoms with Gasteiger partial charge in [0.25, 0.3) is 0 Å². The zero-order chi connectivity index (χ0) is 27.6. The van der Waals surface area contributed by atoms with Gasteiger partial charge in [-0.1, -0.05) is 6.07 Å². The minimum Gasteiger partial charge on any atom is -0.497 e. The molecule has 4 aromatic rings. The van der Waals surface area contributed by atoms with E-state index in [9.17, 15) is 14.3 Å².